The molecule has 0 spiro atoms. The first kappa shape index (κ1) is 21.1. The Hall–Kier alpha value is -1.57. The monoisotopic (exact) mass is 526 g/mol. The molecule has 0 bridgehead atoms. The van der Waals surface area contributed by atoms with Crippen molar-refractivity contribution in [2.45, 2.75) is 18.9 Å². The Bertz CT molecular complexity index is 969. The maximum Gasteiger partial charge on any atom is 0.299 e. The second kappa shape index (κ2) is 8.84. The number of anilines is 3. The summed E-state index contributed by atoms with van der Waals surface area (Å²) in [6.07, 6.45) is 1.22. The summed E-state index contributed by atoms with van der Waals surface area (Å²) in [4.78, 5) is 0. The van der Waals surface area contributed by atoms with Crippen molar-refractivity contribution in [3.63, 3.8) is 0 Å². The van der Waals surface area contributed by atoms with Crippen LogP contribution >= 0.6 is 22.6 Å². The minimum Gasteiger partial charge on any atom is -0.349 e. The first-order valence-corrected chi connectivity index (χ1v) is 11.0. The highest BCUT2D eigenvalue weighted by molar-refractivity contribution is 14.1. The number of rotatable bonds is 6. The van der Waals surface area contributed by atoms with E-state index < -0.39 is 33.3 Å². The molecule has 1 aliphatic heterocycles. The quantitative estimate of drug-likeness (QED) is 0.435. The third kappa shape index (κ3) is 5.27. The van der Waals surface area contributed by atoms with Crippen molar-refractivity contribution in [1.82, 2.24) is 10.0 Å². The molecule has 0 unspecified atom stereocenters. The van der Waals surface area contributed by atoms with E-state index in [0.29, 0.717) is 29.5 Å². The van der Waals surface area contributed by atoms with Crippen LogP contribution in [0.15, 0.2) is 30.3 Å². The van der Waals surface area contributed by atoms with Gasteiger partial charge in [0.25, 0.3) is 10.2 Å². The van der Waals surface area contributed by atoms with Gasteiger partial charge in [-0.05, 0) is 78.9 Å². The van der Waals surface area contributed by atoms with Crippen molar-refractivity contribution in [1.29, 1.82) is 0 Å². The molecule has 0 radical (unpaired) electrons. The Morgan fingerprint density at radius 3 is 2.36 bits per heavy atom. The fourth-order valence-electron chi connectivity index (χ4n) is 2.82. The first-order chi connectivity index (χ1) is 13.2. The van der Waals surface area contributed by atoms with Gasteiger partial charge in [-0.3, -0.25) is 4.72 Å². The molecule has 0 saturated carbocycles. The molecule has 1 saturated heterocycles. The minimum atomic E-state index is -4.05. The van der Waals surface area contributed by atoms with Gasteiger partial charge >= 0.3 is 0 Å². The fourth-order valence-corrected chi connectivity index (χ4v) is 4.46. The molecular weight excluding hydrogens is 508 g/mol. The van der Waals surface area contributed by atoms with E-state index >= 15 is 0 Å². The Labute approximate surface area is 174 Å². The molecule has 11 heteroatoms. The third-order valence-electron chi connectivity index (χ3n) is 4.19. The Balaban J connectivity index is 1.87. The summed E-state index contributed by atoms with van der Waals surface area (Å²) in [5, 5.41) is 5.56. The largest absolute Gasteiger partial charge is 0.349 e. The standard InChI is InChI=1S/C17H18F3IN4O2S/c18-12-2-4-15(25-28(26,27)24-11-5-7-22-8-6-11)17(16(12)20)23-14-3-1-10(21)9-13(14)19/h1-4,9,11,22-25H,5-8H2. The molecule has 6 nitrogen and oxygen atoms in total. The predicted molar refractivity (Wildman–Crippen MR) is 110 cm³/mol. The van der Waals surface area contributed by atoms with Crippen LogP contribution in [0.2, 0.25) is 0 Å². The molecule has 1 heterocycles. The molecule has 152 valence electrons. The van der Waals surface area contributed by atoms with E-state index in [9.17, 15) is 21.6 Å². The molecule has 2 aromatic rings. The highest BCUT2D eigenvalue weighted by Gasteiger charge is 2.23. The van der Waals surface area contributed by atoms with Crippen molar-refractivity contribution in [2.24, 2.45) is 0 Å². The normalized spacial score (nSPS) is 15.4. The van der Waals surface area contributed by atoms with E-state index in [1.165, 1.54) is 12.1 Å². The average molecular weight is 526 g/mol. The van der Waals surface area contributed by atoms with Gasteiger partial charge in [0, 0.05) is 9.61 Å². The zero-order chi connectivity index (χ0) is 20.3. The van der Waals surface area contributed by atoms with Gasteiger partial charge < -0.3 is 10.6 Å². The van der Waals surface area contributed by atoms with E-state index in [1.54, 1.807) is 6.07 Å². The van der Waals surface area contributed by atoms with E-state index in [-0.39, 0.29) is 17.4 Å². The number of hydrogen-bond acceptors (Lipinski definition) is 4. The minimum absolute atomic E-state index is 0.114. The smallest absolute Gasteiger partial charge is 0.299 e. The van der Waals surface area contributed by atoms with Crippen LogP contribution in [0.3, 0.4) is 0 Å². The van der Waals surface area contributed by atoms with Crippen molar-refractivity contribution >= 4 is 49.9 Å². The molecule has 4 N–H and O–H groups in total. The van der Waals surface area contributed by atoms with Crippen LogP contribution in [0, 0.1) is 21.0 Å². The number of halogens is 4. The lowest BCUT2D eigenvalue weighted by atomic mass is 10.1. The molecule has 28 heavy (non-hydrogen) atoms. The van der Waals surface area contributed by atoms with Crippen LogP contribution in [0.25, 0.3) is 0 Å². The van der Waals surface area contributed by atoms with Gasteiger partial charge in [-0.25, -0.2) is 13.2 Å². The number of benzene rings is 2. The molecule has 0 atom stereocenters. The predicted octanol–water partition coefficient (Wildman–Crippen LogP) is 3.45. The Morgan fingerprint density at radius 1 is 1.00 bits per heavy atom. The van der Waals surface area contributed by atoms with Crippen molar-refractivity contribution in [3.05, 3.63) is 51.4 Å². The molecule has 0 aliphatic carbocycles. The fraction of sp³-hybridized carbons (Fsp3) is 0.294. The summed E-state index contributed by atoms with van der Waals surface area (Å²) in [6.45, 7) is 1.36. The van der Waals surface area contributed by atoms with Gasteiger partial charge in [0.05, 0.1) is 11.4 Å². The Morgan fingerprint density at radius 2 is 1.68 bits per heavy atom. The maximum absolute atomic E-state index is 14.4. The van der Waals surface area contributed by atoms with Gasteiger partial charge in [0.2, 0.25) is 0 Å². The summed E-state index contributed by atoms with van der Waals surface area (Å²) < 4.78 is 72.3. The second-order valence-corrected chi connectivity index (χ2v) is 8.97. The highest BCUT2D eigenvalue weighted by atomic mass is 127. The van der Waals surface area contributed by atoms with Gasteiger partial charge in [0.1, 0.15) is 11.5 Å². The van der Waals surface area contributed by atoms with E-state index in [4.69, 9.17) is 0 Å². The summed E-state index contributed by atoms with van der Waals surface area (Å²) in [5.74, 6) is -3.19. The van der Waals surface area contributed by atoms with Gasteiger partial charge in [-0.1, -0.05) is 0 Å². The summed E-state index contributed by atoms with van der Waals surface area (Å²) >= 11 is 1.91. The topological polar surface area (TPSA) is 82.3 Å². The molecular formula is C17H18F3IN4O2S. The Kier molecular flexibility index (Phi) is 6.68. The van der Waals surface area contributed by atoms with Gasteiger partial charge in [-0.2, -0.15) is 13.1 Å². The van der Waals surface area contributed by atoms with Crippen LogP contribution < -0.4 is 20.1 Å². The lowest BCUT2D eigenvalue weighted by Crippen LogP contribution is -2.44. The van der Waals surface area contributed by atoms with E-state index in [2.05, 4.69) is 20.1 Å². The highest BCUT2D eigenvalue weighted by Crippen LogP contribution is 2.32. The van der Waals surface area contributed by atoms with Crippen molar-refractivity contribution < 1.29 is 21.6 Å². The molecule has 0 amide bonds. The van der Waals surface area contributed by atoms with Crippen LogP contribution in [-0.4, -0.2) is 27.5 Å². The van der Waals surface area contributed by atoms with E-state index in [0.717, 1.165) is 12.1 Å². The van der Waals surface area contributed by atoms with Crippen molar-refractivity contribution in [3.8, 4) is 0 Å². The van der Waals surface area contributed by atoms with Gasteiger partial charge in [-0.15, -0.1) is 0 Å². The van der Waals surface area contributed by atoms with Crippen LogP contribution in [0.1, 0.15) is 12.8 Å². The third-order valence-corrected chi connectivity index (χ3v) is 5.99. The molecule has 0 aromatic heterocycles. The van der Waals surface area contributed by atoms with Crippen LogP contribution in [0.5, 0.6) is 0 Å². The van der Waals surface area contributed by atoms with Gasteiger partial charge in [0.15, 0.2) is 11.6 Å². The molecule has 3 rings (SSSR count). The lowest BCUT2D eigenvalue weighted by Gasteiger charge is -2.24. The maximum atomic E-state index is 14.4. The summed E-state index contributed by atoms with van der Waals surface area (Å²) in [7, 11) is -4.05. The molecule has 2 aromatic carbocycles. The number of hydrogen-bond donors (Lipinski definition) is 4. The SMILES string of the molecule is O=S(=O)(Nc1ccc(F)c(F)c1Nc1ccc(I)cc1F)NC1CCNCC1. The number of piperidine rings is 1. The first-order valence-electron chi connectivity index (χ1n) is 8.46. The average Bonchev–Trinajstić information content (AvgIpc) is 2.63. The molecule has 1 aliphatic rings. The molecule has 1 fully saturated rings. The summed E-state index contributed by atoms with van der Waals surface area (Å²) in [5.41, 5.74) is -0.856. The lowest BCUT2D eigenvalue weighted by molar-refractivity contribution is 0.428. The second-order valence-electron chi connectivity index (χ2n) is 6.28. The van der Waals surface area contributed by atoms with Crippen LogP contribution in [-0.2, 0) is 10.2 Å². The zero-order valence-corrected chi connectivity index (χ0v) is 17.5. The van der Waals surface area contributed by atoms with E-state index in [1.807, 2.05) is 22.6 Å². The zero-order valence-electron chi connectivity index (χ0n) is 14.5. The number of nitrogens with one attached hydrogen (secondary N) is 4. The van der Waals surface area contributed by atoms with Crippen LogP contribution in [0.4, 0.5) is 30.2 Å². The van der Waals surface area contributed by atoms with Crippen molar-refractivity contribution in [2.75, 3.05) is 23.1 Å². The summed E-state index contributed by atoms with van der Waals surface area (Å²) in [6, 6.07) is 5.75.